The topological polar surface area (TPSA) is 118 Å². The predicted octanol–water partition coefficient (Wildman–Crippen LogP) is 3.21. The summed E-state index contributed by atoms with van der Waals surface area (Å²) in [7, 11) is 0. The van der Waals surface area contributed by atoms with Gasteiger partial charge in [-0.15, -0.1) is 0 Å². The second-order valence-electron chi connectivity index (χ2n) is 9.29. The summed E-state index contributed by atoms with van der Waals surface area (Å²) < 4.78 is 46.8. The largest absolute Gasteiger partial charge is 0.474 e. The molecular formula is C24H24F3N8O2. The number of aliphatic hydroxyl groups is 1. The minimum Gasteiger partial charge on any atom is -0.474 e. The van der Waals surface area contributed by atoms with Crippen LogP contribution in [0.4, 0.5) is 13.2 Å². The molecule has 1 radical (unpaired) electrons. The first kappa shape index (κ1) is 23.8. The fraction of sp³-hybridized carbons (Fsp3) is 0.417. The minimum absolute atomic E-state index is 0.119. The average molecular weight is 514 g/mol. The summed E-state index contributed by atoms with van der Waals surface area (Å²) in [6.07, 6.45) is 5.40. The maximum Gasteiger partial charge on any atom is 0.451 e. The van der Waals surface area contributed by atoms with Crippen LogP contribution in [0.3, 0.4) is 0 Å². The van der Waals surface area contributed by atoms with Crippen LogP contribution in [0.2, 0.25) is 0 Å². The molecule has 4 aromatic heterocycles. The van der Waals surface area contributed by atoms with Gasteiger partial charge in [0.25, 0.3) is 0 Å². The summed E-state index contributed by atoms with van der Waals surface area (Å²) >= 11 is 0. The van der Waals surface area contributed by atoms with Gasteiger partial charge in [-0.25, -0.2) is 15.0 Å². The number of aromatic amines is 1. The summed E-state index contributed by atoms with van der Waals surface area (Å²) in [6, 6.07) is 4.84. The number of halogens is 3. The van der Waals surface area contributed by atoms with Crippen molar-refractivity contribution < 1.29 is 23.0 Å². The van der Waals surface area contributed by atoms with E-state index >= 15 is 0 Å². The molecule has 0 unspecified atom stereocenters. The van der Waals surface area contributed by atoms with E-state index in [0.29, 0.717) is 18.9 Å². The van der Waals surface area contributed by atoms with Gasteiger partial charge in [-0.05, 0) is 31.7 Å². The van der Waals surface area contributed by atoms with E-state index in [4.69, 9.17) is 4.74 Å². The molecule has 10 nitrogen and oxygen atoms in total. The summed E-state index contributed by atoms with van der Waals surface area (Å²) in [5.74, 6) is -1.46. The highest BCUT2D eigenvalue weighted by Crippen LogP contribution is 2.37. The number of ether oxygens (including phenoxy) is 1. The van der Waals surface area contributed by atoms with E-state index in [1.165, 1.54) is 18.4 Å². The molecule has 0 amide bonds. The van der Waals surface area contributed by atoms with E-state index < -0.39 is 18.6 Å². The molecular weight excluding hydrogens is 489 g/mol. The van der Waals surface area contributed by atoms with E-state index in [1.54, 1.807) is 0 Å². The first-order valence-electron chi connectivity index (χ1n) is 12.0. The fourth-order valence-electron chi connectivity index (χ4n) is 4.92. The van der Waals surface area contributed by atoms with Crippen molar-refractivity contribution in [2.45, 2.75) is 50.6 Å². The Morgan fingerprint density at radius 1 is 1.14 bits per heavy atom. The number of H-pyrrole nitrogens is 1. The molecule has 0 aromatic carbocycles. The zero-order chi connectivity index (χ0) is 25.6. The molecule has 2 aliphatic rings. The van der Waals surface area contributed by atoms with Crippen LogP contribution in [-0.4, -0.2) is 69.9 Å². The molecule has 0 bridgehead atoms. The maximum atomic E-state index is 13.1. The third-order valence-corrected chi connectivity index (χ3v) is 6.93. The first-order chi connectivity index (χ1) is 17.9. The number of aromatic nitrogens is 7. The van der Waals surface area contributed by atoms with Crippen molar-refractivity contribution in [3.8, 4) is 17.1 Å². The molecule has 0 spiro atoms. The van der Waals surface area contributed by atoms with Gasteiger partial charge in [0, 0.05) is 48.5 Å². The van der Waals surface area contributed by atoms with Crippen molar-refractivity contribution in [2.24, 2.45) is 0 Å². The normalized spacial score (nSPS) is 18.4. The highest BCUT2D eigenvalue weighted by molar-refractivity contribution is 5.90. The van der Waals surface area contributed by atoms with Crippen molar-refractivity contribution in [3.05, 3.63) is 54.6 Å². The zero-order valence-electron chi connectivity index (χ0n) is 19.7. The number of fused-ring (bicyclic) bond motifs is 1. The highest BCUT2D eigenvalue weighted by atomic mass is 19.4. The molecule has 1 aliphatic heterocycles. The quantitative estimate of drug-likeness (QED) is 0.404. The smallest absolute Gasteiger partial charge is 0.451 e. The molecule has 1 saturated heterocycles. The lowest BCUT2D eigenvalue weighted by Crippen LogP contribution is -2.50. The third-order valence-electron chi connectivity index (χ3n) is 6.93. The van der Waals surface area contributed by atoms with Crippen LogP contribution in [0.1, 0.15) is 37.2 Å². The lowest BCUT2D eigenvalue weighted by Gasteiger charge is -2.45. The molecule has 37 heavy (non-hydrogen) atoms. The number of piperidine rings is 1. The van der Waals surface area contributed by atoms with E-state index in [1.807, 2.05) is 29.3 Å². The summed E-state index contributed by atoms with van der Waals surface area (Å²) in [5, 5.41) is 14.7. The zero-order valence-corrected chi connectivity index (χ0v) is 19.7. The number of nitrogens with zero attached hydrogens (tertiary/aromatic N) is 7. The summed E-state index contributed by atoms with van der Waals surface area (Å²) in [5.41, 5.74) is 2.44. The molecule has 193 valence electrons. The lowest BCUT2D eigenvalue weighted by atomic mass is 9.84. The molecule has 5 heterocycles. The van der Waals surface area contributed by atoms with Crippen LogP contribution in [-0.2, 0) is 12.8 Å². The molecule has 6 rings (SSSR count). The monoisotopic (exact) mass is 513 g/mol. The van der Waals surface area contributed by atoms with Crippen LogP contribution in [0.15, 0.2) is 37.1 Å². The van der Waals surface area contributed by atoms with Crippen LogP contribution in [0.25, 0.3) is 22.3 Å². The Labute approximate surface area is 209 Å². The molecule has 2 N–H and O–H groups in total. The molecule has 1 saturated carbocycles. The summed E-state index contributed by atoms with van der Waals surface area (Å²) in [4.78, 5) is 21.0. The van der Waals surface area contributed by atoms with E-state index in [0.717, 1.165) is 48.2 Å². The van der Waals surface area contributed by atoms with Crippen LogP contribution in [0, 0.1) is 6.04 Å². The lowest BCUT2D eigenvalue weighted by molar-refractivity contribution is -0.145. The predicted molar refractivity (Wildman–Crippen MR) is 125 cm³/mol. The minimum atomic E-state index is -4.70. The van der Waals surface area contributed by atoms with Gasteiger partial charge < -0.3 is 14.8 Å². The number of nitrogens with one attached hydrogen (secondary N) is 1. The fourth-order valence-corrected chi connectivity index (χ4v) is 4.92. The van der Waals surface area contributed by atoms with Gasteiger partial charge in [-0.1, -0.05) is 0 Å². The highest BCUT2D eigenvalue weighted by Gasteiger charge is 2.39. The Bertz CT molecular complexity index is 1390. The number of hydrogen-bond donors (Lipinski definition) is 2. The van der Waals surface area contributed by atoms with E-state index in [2.05, 4.69) is 34.9 Å². The third kappa shape index (κ3) is 4.76. The summed E-state index contributed by atoms with van der Waals surface area (Å²) in [6.45, 7) is 0.946. The molecule has 0 atom stereocenters. The van der Waals surface area contributed by atoms with Gasteiger partial charge in [0.1, 0.15) is 18.1 Å². The van der Waals surface area contributed by atoms with E-state index in [9.17, 15) is 18.3 Å². The Balaban J connectivity index is 1.03. The van der Waals surface area contributed by atoms with Gasteiger partial charge in [0.2, 0.25) is 11.7 Å². The molecule has 4 aromatic rings. The number of alkyl halides is 3. The number of rotatable bonds is 6. The van der Waals surface area contributed by atoms with Crippen molar-refractivity contribution in [1.29, 1.82) is 0 Å². The van der Waals surface area contributed by atoms with Crippen LogP contribution >= 0.6 is 0 Å². The van der Waals surface area contributed by atoms with Crippen molar-refractivity contribution in [1.82, 2.24) is 39.6 Å². The Morgan fingerprint density at radius 3 is 2.70 bits per heavy atom. The molecule has 1 aliphatic carbocycles. The van der Waals surface area contributed by atoms with E-state index in [-0.39, 0.29) is 17.7 Å². The van der Waals surface area contributed by atoms with Crippen LogP contribution in [0.5, 0.6) is 5.88 Å². The van der Waals surface area contributed by atoms with Gasteiger partial charge in [-0.2, -0.15) is 23.3 Å². The van der Waals surface area contributed by atoms with Crippen molar-refractivity contribution >= 4 is 11.0 Å². The number of likely N-dealkylation sites (tertiary alicyclic amines) is 1. The van der Waals surface area contributed by atoms with Crippen LogP contribution < -0.4 is 4.74 Å². The standard InChI is InChI=1S/C24H24F3N8O2/c25-24(26,27)23-32-15(12-36)7-20(33-23)37-18-2-5-34(6-3-18)16-8-17(9-16)35-11-14(10-31-35)21-19-1-4-28-22(19)30-13-29-21/h1,4,7,10-11,13,16,18,36H,2-3,5-6,8-9,12H2,(H,28,29,30). The second-order valence-corrected chi connectivity index (χ2v) is 9.29. The van der Waals surface area contributed by atoms with Crippen molar-refractivity contribution in [2.75, 3.05) is 13.1 Å². The molecule has 2 fully saturated rings. The van der Waals surface area contributed by atoms with Gasteiger partial charge >= 0.3 is 6.18 Å². The Morgan fingerprint density at radius 2 is 1.95 bits per heavy atom. The number of hydrogen-bond acceptors (Lipinski definition) is 8. The Kier molecular flexibility index (Phi) is 6.03. The van der Waals surface area contributed by atoms with Gasteiger partial charge in [0.05, 0.1) is 30.2 Å². The van der Waals surface area contributed by atoms with Crippen molar-refractivity contribution in [3.63, 3.8) is 0 Å². The average Bonchev–Trinajstić information content (AvgIpc) is 3.53. The van der Waals surface area contributed by atoms with Gasteiger partial charge in [-0.3, -0.25) is 9.58 Å². The van der Waals surface area contributed by atoms with Gasteiger partial charge in [0.15, 0.2) is 0 Å². The Hall–Kier alpha value is -3.58. The molecule has 13 heteroatoms. The maximum absolute atomic E-state index is 13.1. The number of aliphatic hydroxyl groups excluding tert-OH is 1. The second kappa shape index (κ2) is 9.38. The SMILES string of the molecule is OCc1cc(OC2CCN(C3C[C](n4cc(-c5ncnc6[nH]ccc56)cn4)C3)CC2)nc(C(F)(F)F)n1. The first-order valence-corrected chi connectivity index (χ1v) is 12.0.